The summed E-state index contributed by atoms with van der Waals surface area (Å²) >= 11 is 1.62. The number of alkyl halides is 3. The molecule has 0 spiro atoms. The van der Waals surface area contributed by atoms with Crippen LogP contribution in [0, 0.1) is 0 Å². The summed E-state index contributed by atoms with van der Waals surface area (Å²) in [4.78, 5) is 11.6. The van der Waals surface area contributed by atoms with Crippen molar-refractivity contribution in [2.24, 2.45) is 0 Å². The summed E-state index contributed by atoms with van der Waals surface area (Å²) in [6.07, 6.45) is -5.38. The highest BCUT2D eigenvalue weighted by molar-refractivity contribution is 14.2. The van der Waals surface area contributed by atoms with E-state index in [1.807, 2.05) is 0 Å². The summed E-state index contributed by atoms with van der Waals surface area (Å²) in [5.41, 5.74) is 0.120. The Morgan fingerprint density at radius 2 is 2.30 bits per heavy atom. The zero-order valence-electron chi connectivity index (χ0n) is 10.4. The van der Waals surface area contributed by atoms with E-state index in [-0.39, 0.29) is 25.3 Å². The van der Waals surface area contributed by atoms with Gasteiger partial charge in [0.25, 0.3) is 0 Å². The van der Waals surface area contributed by atoms with Crippen molar-refractivity contribution < 1.29 is 26.9 Å². The first-order valence-corrected chi connectivity index (χ1v) is 8.88. The van der Waals surface area contributed by atoms with Gasteiger partial charge in [0.15, 0.2) is 6.10 Å². The molecule has 0 amide bonds. The molecular weight excluding hydrogens is 412 g/mol. The Morgan fingerprint density at radius 3 is 2.85 bits per heavy atom. The largest absolute Gasteiger partial charge is 0.461 e. The molecule has 0 aliphatic carbocycles. The Balaban J connectivity index is 2.69. The maximum atomic E-state index is 12.7. The second-order valence-corrected chi connectivity index (χ2v) is 5.04. The topological polar surface area (TPSA) is 53.3 Å². The molecule has 0 N–H and O–H groups in total. The third-order valence-electron chi connectivity index (χ3n) is 2.32. The molecular formula is C10H12F3IN2O3S. The maximum Gasteiger partial charge on any atom is 0.415 e. The number of rotatable bonds is 7. The molecule has 0 radical (unpaired) electrons. The predicted octanol–water partition coefficient (Wildman–Crippen LogP) is 3.40. The quantitative estimate of drug-likeness (QED) is 0.382. The summed E-state index contributed by atoms with van der Waals surface area (Å²) in [7, 11) is 0.621. The van der Waals surface area contributed by atoms with E-state index in [1.54, 1.807) is 28.1 Å². The minimum absolute atomic E-state index is 0.0947. The molecule has 5 nitrogen and oxygen atoms in total. The number of esters is 1. The Labute approximate surface area is 130 Å². The van der Waals surface area contributed by atoms with E-state index in [9.17, 15) is 18.0 Å². The second-order valence-electron chi connectivity index (χ2n) is 3.64. The number of hydrogen-bond donors (Lipinski definition) is 0. The molecule has 1 atom stereocenters. The molecule has 1 heterocycles. The molecule has 0 aliphatic heterocycles. The van der Waals surface area contributed by atoms with Gasteiger partial charge in [-0.2, -0.15) is 18.3 Å². The van der Waals surface area contributed by atoms with Crippen LogP contribution in [0.25, 0.3) is 0 Å². The van der Waals surface area contributed by atoms with E-state index >= 15 is 0 Å². The highest BCUT2D eigenvalue weighted by Gasteiger charge is 2.41. The molecule has 0 saturated carbocycles. The fourth-order valence-corrected chi connectivity index (χ4v) is 2.48. The van der Waals surface area contributed by atoms with Crippen LogP contribution in [0.15, 0.2) is 12.3 Å². The van der Waals surface area contributed by atoms with Crippen molar-refractivity contribution in [1.82, 2.24) is 9.78 Å². The van der Waals surface area contributed by atoms with E-state index < -0.39 is 18.2 Å². The zero-order chi connectivity index (χ0) is 15.2. The molecule has 1 unspecified atom stereocenters. The smallest absolute Gasteiger partial charge is 0.415 e. The first kappa shape index (κ1) is 17.6. The number of halogens is 4. The molecule has 0 bridgehead atoms. The van der Waals surface area contributed by atoms with Crippen LogP contribution in [0.3, 0.4) is 0 Å². The van der Waals surface area contributed by atoms with Crippen molar-refractivity contribution in [2.45, 2.75) is 32.2 Å². The van der Waals surface area contributed by atoms with Crippen LogP contribution in [-0.4, -0.2) is 34.6 Å². The SMILES string of the molecule is CCOC(=O)c1ccnn1CCC(OSI)C(F)(F)F. The van der Waals surface area contributed by atoms with E-state index in [2.05, 4.69) is 9.28 Å². The molecule has 0 saturated heterocycles. The third kappa shape index (κ3) is 5.13. The van der Waals surface area contributed by atoms with Gasteiger partial charge in [-0.05, 0) is 13.0 Å². The molecule has 0 fully saturated rings. The molecule has 1 aromatic heterocycles. The third-order valence-corrected chi connectivity index (χ3v) is 3.25. The standard InChI is InChI=1S/C10H12F3IN2O3S/c1-2-18-9(17)7-3-5-15-16(7)6-4-8(19-20-14)10(11,12)13/h3,5,8H,2,4,6H2,1H3. The maximum absolute atomic E-state index is 12.7. The highest BCUT2D eigenvalue weighted by atomic mass is 127. The van der Waals surface area contributed by atoms with Crippen molar-refractivity contribution in [3.63, 3.8) is 0 Å². The molecule has 0 aliphatic rings. The lowest BCUT2D eigenvalue weighted by Crippen LogP contribution is -2.31. The van der Waals surface area contributed by atoms with Gasteiger partial charge in [0, 0.05) is 40.4 Å². The van der Waals surface area contributed by atoms with Crippen molar-refractivity contribution in [1.29, 1.82) is 0 Å². The number of carbonyl (C=O) groups is 1. The highest BCUT2D eigenvalue weighted by Crippen LogP contribution is 2.31. The summed E-state index contributed by atoms with van der Waals surface area (Å²) in [5.74, 6) is -0.613. The van der Waals surface area contributed by atoms with Crippen molar-refractivity contribution in [3.05, 3.63) is 18.0 Å². The van der Waals surface area contributed by atoms with Gasteiger partial charge in [-0.1, -0.05) is 0 Å². The minimum Gasteiger partial charge on any atom is -0.461 e. The number of hydrogen-bond acceptors (Lipinski definition) is 5. The average molecular weight is 424 g/mol. The van der Waals surface area contributed by atoms with Gasteiger partial charge in [0.05, 0.1) is 15.8 Å². The lowest BCUT2D eigenvalue weighted by Gasteiger charge is -2.18. The van der Waals surface area contributed by atoms with Gasteiger partial charge in [-0.3, -0.25) is 8.86 Å². The van der Waals surface area contributed by atoms with Crippen LogP contribution in [0.2, 0.25) is 0 Å². The van der Waals surface area contributed by atoms with Crippen molar-refractivity contribution in [2.75, 3.05) is 6.61 Å². The monoisotopic (exact) mass is 424 g/mol. The van der Waals surface area contributed by atoms with Gasteiger partial charge in [0.1, 0.15) is 5.69 Å². The van der Waals surface area contributed by atoms with E-state index in [0.29, 0.717) is 9.21 Å². The van der Waals surface area contributed by atoms with Gasteiger partial charge < -0.3 is 4.74 Å². The van der Waals surface area contributed by atoms with E-state index in [1.165, 1.54) is 16.9 Å². The molecule has 1 rings (SSSR count). The van der Waals surface area contributed by atoms with Crippen LogP contribution in [0.5, 0.6) is 0 Å². The Kier molecular flexibility index (Phi) is 7.09. The first-order valence-electron chi connectivity index (χ1n) is 5.59. The second kappa shape index (κ2) is 8.08. The number of aromatic nitrogens is 2. The lowest BCUT2D eigenvalue weighted by atomic mass is 10.2. The van der Waals surface area contributed by atoms with Gasteiger partial charge in [-0.25, -0.2) is 4.79 Å². The van der Waals surface area contributed by atoms with Crippen LogP contribution < -0.4 is 0 Å². The van der Waals surface area contributed by atoms with Crippen LogP contribution in [-0.2, 0) is 15.5 Å². The fraction of sp³-hybridized carbons (Fsp3) is 0.600. The fourth-order valence-electron chi connectivity index (χ4n) is 1.44. The molecule has 10 heteroatoms. The predicted molar refractivity (Wildman–Crippen MR) is 75.3 cm³/mol. The van der Waals surface area contributed by atoms with Crippen LogP contribution in [0.4, 0.5) is 13.2 Å². The minimum atomic E-state index is -4.46. The Bertz CT molecular complexity index is 442. The van der Waals surface area contributed by atoms with Crippen LogP contribution >= 0.6 is 30.4 Å². The molecule has 1 aromatic rings. The number of carbonyl (C=O) groups excluding carboxylic acids is 1. The van der Waals surface area contributed by atoms with E-state index in [0.717, 1.165) is 0 Å². The van der Waals surface area contributed by atoms with Crippen molar-refractivity contribution >= 4 is 36.4 Å². The van der Waals surface area contributed by atoms with Crippen LogP contribution in [0.1, 0.15) is 23.8 Å². The van der Waals surface area contributed by atoms with Gasteiger partial charge in [-0.15, -0.1) is 0 Å². The average Bonchev–Trinajstić information content (AvgIpc) is 2.81. The molecule has 114 valence electrons. The van der Waals surface area contributed by atoms with Crippen molar-refractivity contribution in [3.8, 4) is 0 Å². The van der Waals surface area contributed by atoms with Gasteiger partial charge in [0.2, 0.25) is 0 Å². The number of aryl methyl sites for hydroxylation is 1. The van der Waals surface area contributed by atoms with E-state index in [4.69, 9.17) is 4.74 Å². The lowest BCUT2D eigenvalue weighted by molar-refractivity contribution is -0.193. The first-order chi connectivity index (χ1) is 9.40. The summed E-state index contributed by atoms with van der Waals surface area (Å²) in [6.45, 7) is 1.73. The Hall–Kier alpha value is -0.490. The zero-order valence-corrected chi connectivity index (χ0v) is 13.4. The molecule has 0 aromatic carbocycles. The Morgan fingerprint density at radius 1 is 1.60 bits per heavy atom. The summed E-state index contributed by atoms with van der Waals surface area (Å²) < 4.78 is 48.5. The number of ether oxygens (including phenoxy) is 1. The molecule has 20 heavy (non-hydrogen) atoms. The van der Waals surface area contributed by atoms with Gasteiger partial charge >= 0.3 is 12.1 Å². The number of nitrogens with zero attached hydrogens (tertiary/aromatic N) is 2. The summed E-state index contributed by atoms with van der Waals surface area (Å²) in [5, 5.41) is 3.82. The summed E-state index contributed by atoms with van der Waals surface area (Å²) in [6, 6.07) is 1.40. The normalized spacial score (nSPS) is 13.2.